The van der Waals surface area contributed by atoms with E-state index in [0.717, 1.165) is 5.56 Å². The van der Waals surface area contributed by atoms with Crippen LogP contribution >= 0.6 is 15.9 Å². The number of nitriles is 1. The Bertz CT molecular complexity index is 1230. The Labute approximate surface area is 187 Å². The molecule has 0 spiro atoms. The van der Waals surface area contributed by atoms with Crippen molar-refractivity contribution in [3.63, 3.8) is 0 Å². The van der Waals surface area contributed by atoms with Crippen molar-refractivity contribution in [2.45, 2.75) is 6.61 Å². The van der Waals surface area contributed by atoms with E-state index in [1.54, 1.807) is 60.7 Å². The third-order valence-electron chi connectivity index (χ3n) is 4.69. The summed E-state index contributed by atoms with van der Waals surface area (Å²) in [6.45, 7) is 0.246. The number of rotatable bonds is 5. The lowest BCUT2D eigenvalue weighted by atomic mass is 10.1. The molecule has 3 aromatic carbocycles. The molecule has 3 aromatic rings. The first-order valence-corrected chi connectivity index (χ1v) is 10.2. The fraction of sp³-hybridized carbons (Fsp3) is 0.0417. The van der Waals surface area contributed by atoms with Crippen LogP contribution in [0.4, 0.5) is 5.69 Å². The average molecular weight is 474 g/mol. The first-order chi connectivity index (χ1) is 15.1. The number of carbonyl (C=O) groups excluding carboxylic acids is 2. The molecule has 7 heteroatoms. The van der Waals surface area contributed by atoms with Crippen molar-refractivity contribution in [3.05, 3.63) is 99.5 Å². The zero-order valence-corrected chi connectivity index (χ0v) is 17.8. The normalized spacial score (nSPS) is 14.5. The molecule has 0 atom stereocenters. The molecule has 1 aliphatic heterocycles. The van der Waals surface area contributed by atoms with E-state index in [1.807, 2.05) is 18.2 Å². The maximum atomic E-state index is 12.7. The third-order valence-corrected chi connectivity index (χ3v) is 5.31. The summed E-state index contributed by atoms with van der Waals surface area (Å²) < 4.78 is 6.50. The zero-order valence-electron chi connectivity index (χ0n) is 16.2. The molecule has 6 nitrogen and oxygen atoms in total. The van der Waals surface area contributed by atoms with Gasteiger partial charge in [-0.25, -0.2) is 5.01 Å². The van der Waals surface area contributed by atoms with E-state index in [-0.39, 0.29) is 12.2 Å². The van der Waals surface area contributed by atoms with Gasteiger partial charge in [0.15, 0.2) is 0 Å². The first-order valence-electron chi connectivity index (χ1n) is 9.39. The molecule has 152 valence electrons. The first kappa shape index (κ1) is 20.4. The van der Waals surface area contributed by atoms with Crippen LogP contribution in [-0.2, 0) is 16.2 Å². The summed E-state index contributed by atoms with van der Waals surface area (Å²) in [6.07, 6.45) is 1.54. The van der Waals surface area contributed by atoms with Crippen LogP contribution in [0.3, 0.4) is 0 Å². The molecule has 0 saturated carbocycles. The number of hydrazine groups is 1. The molecular weight excluding hydrogens is 458 g/mol. The minimum Gasteiger partial charge on any atom is -0.488 e. The molecule has 0 unspecified atom stereocenters. The van der Waals surface area contributed by atoms with Crippen molar-refractivity contribution in [1.29, 1.82) is 5.26 Å². The van der Waals surface area contributed by atoms with Gasteiger partial charge >= 0.3 is 0 Å². The molecular formula is C24H16BrN3O3. The SMILES string of the molecule is N#Cc1ccccc1COc1ccc(/C=C2\C(=O)NN(c3ccccc3)C2=O)cc1Br. The fourth-order valence-electron chi connectivity index (χ4n) is 3.12. The number of para-hydroxylation sites is 1. The summed E-state index contributed by atoms with van der Waals surface area (Å²) in [5.74, 6) is -0.290. The van der Waals surface area contributed by atoms with Crippen LogP contribution in [-0.4, -0.2) is 11.8 Å². The molecule has 0 aromatic heterocycles. The van der Waals surface area contributed by atoms with Crippen LogP contribution in [0.5, 0.6) is 5.75 Å². The molecule has 0 radical (unpaired) electrons. The van der Waals surface area contributed by atoms with Gasteiger partial charge in [-0.3, -0.25) is 15.0 Å². The third kappa shape index (κ3) is 4.34. The predicted octanol–water partition coefficient (Wildman–Crippen LogP) is 4.36. The van der Waals surface area contributed by atoms with E-state index in [2.05, 4.69) is 27.4 Å². The number of nitrogens with one attached hydrogen (secondary N) is 1. The summed E-state index contributed by atoms with van der Waals surface area (Å²) in [4.78, 5) is 25.0. The molecule has 1 heterocycles. The van der Waals surface area contributed by atoms with Gasteiger partial charge in [-0.1, -0.05) is 42.5 Å². The lowest BCUT2D eigenvalue weighted by molar-refractivity contribution is -0.117. The van der Waals surface area contributed by atoms with Crippen LogP contribution in [0.1, 0.15) is 16.7 Å². The van der Waals surface area contributed by atoms with Crippen molar-refractivity contribution < 1.29 is 14.3 Å². The van der Waals surface area contributed by atoms with Gasteiger partial charge < -0.3 is 4.74 Å². The van der Waals surface area contributed by atoms with Gasteiger partial charge in [0, 0.05) is 5.56 Å². The lowest BCUT2D eigenvalue weighted by Crippen LogP contribution is -2.35. The van der Waals surface area contributed by atoms with Gasteiger partial charge in [-0.2, -0.15) is 5.26 Å². The number of carbonyl (C=O) groups is 2. The number of anilines is 1. The zero-order chi connectivity index (χ0) is 21.8. The Morgan fingerprint density at radius 2 is 1.77 bits per heavy atom. The molecule has 1 N–H and O–H groups in total. The van der Waals surface area contributed by atoms with Crippen LogP contribution in [0.25, 0.3) is 6.08 Å². The molecule has 2 amide bonds. The highest BCUT2D eigenvalue weighted by Crippen LogP contribution is 2.29. The number of halogens is 1. The Morgan fingerprint density at radius 1 is 1.03 bits per heavy atom. The molecule has 1 aliphatic rings. The smallest absolute Gasteiger partial charge is 0.282 e. The molecule has 4 rings (SSSR count). The summed E-state index contributed by atoms with van der Waals surface area (Å²) >= 11 is 3.47. The van der Waals surface area contributed by atoms with Gasteiger partial charge in [0.05, 0.1) is 21.8 Å². The quantitative estimate of drug-likeness (QED) is 0.440. The standard InChI is InChI=1S/C24H16BrN3O3/c25-21-13-16(10-11-22(21)31-15-18-7-5-4-6-17(18)14-26)12-20-23(29)27-28(24(20)30)19-8-2-1-3-9-19/h1-13H,15H2,(H,27,29)/b20-12+. The Balaban J connectivity index is 1.51. The van der Waals surface area contributed by atoms with Crippen molar-refractivity contribution in [3.8, 4) is 11.8 Å². The van der Waals surface area contributed by atoms with E-state index in [4.69, 9.17) is 4.74 Å². The molecule has 0 aliphatic carbocycles. The summed E-state index contributed by atoms with van der Waals surface area (Å²) in [6, 6.07) is 23.6. The number of hydrogen-bond acceptors (Lipinski definition) is 4. The highest BCUT2D eigenvalue weighted by atomic mass is 79.9. The van der Waals surface area contributed by atoms with Crippen LogP contribution in [0.2, 0.25) is 0 Å². The summed E-state index contributed by atoms with van der Waals surface area (Å²) in [5, 5.41) is 10.4. The summed E-state index contributed by atoms with van der Waals surface area (Å²) in [5.41, 5.74) is 5.24. The highest BCUT2D eigenvalue weighted by Gasteiger charge is 2.34. The van der Waals surface area contributed by atoms with Gasteiger partial charge in [-0.05, 0) is 57.9 Å². The largest absolute Gasteiger partial charge is 0.488 e. The summed E-state index contributed by atoms with van der Waals surface area (Å²) in [7, 11) is 0. The second-order valence-electron chi connectivity index (χ2n) is 6.72. The monoisotopic (exact) mass is 473 g/mol. The number of ether oxygens (including phenoxy) is 1. The van der Waals surface area contributed by atoms with Crippen LogP contribution in [0, 0.1) is 11.3 Å². The fourth-order valence-corrected chi connectivity index (χ4v) is 3.63. The Morgan fingerprint density at radius 3 is 2.52 bits per heavy atom. The van der Waals surface area contributed by atoms with Crippen molar-refractivity contribution in [1.82, 2.24) is 5.43 Å². The van der Waals surface area contributed by atoms with E-state index in [0.29, 0.717) is 27.0 Å². The molecule has 1 fully saturated rings. The molecule has 31 heavy (non-hydrogen) atoms. The second kappa shape index (κ2) is 8.86. The van der Waals surface area contributed by atoms with E-state index in [9.17, 15) is 14.9 Å². The highest BCUT2D eigenvalue weighted by molar-refractivity contribution is 9.10. The second-order valence-corrected chi connectivity index (χ2v) is 7.58. The number of amides is 2. The lowest BCUT2D eigenvalue weighted by Gasteiger charge is -2.13. The average Bonchev–Trinajstić information content (AvgIpc) is 3.07. The maximum Gasteiger partial charge on any atom is 0.282 e. The minimum absolute atomic E-state index is 0.0485. The van der Waals surface area contributed by atoms with Gasteiger partial charge in [0.25, 0.3) is 11.8 Å². The van der Waals surface area contributed by atoms with E-state index < -0.39 is 11.8 Å². The van der Waals surface area contributed by atoms with Crippen molar-refractivity contribution in [2.75, 3.05) is 5.01 Å². The topological polar surface area (TPSA) is 82.4 Å². The van der Waals surface area contributed by atoms with E-state index in [1.165, 1.54) is 5.01 Å². The van der Waals surface area contributed by atoms with E-state index >= 15 is 0 Å². The number of nitrogens with zero attached hydrogens (tertiary/aromatic N) is 2. The Hall–Kier alpha value is -3.89. The molecule has 1 saturated heterocycles. The van der Waals surface area contributed by atoms with Crippen LogP contribution in [0.15, 0.2) is 82.8 Å². The number of benzene rings is 3. The van der Waals surface area contributed by atoms with Gasteiger partial charge in [-0.15, -0.1) is 0 Å². The van der Waals surface area contributed by atoms with Crippen molar-refractivity contribution >= 4 is 39.5 Å². The maximum absolute atomic E-state index is 12.7. The number of hydrogen-bond donors (Lipinski definition) is 1. The predicted molar refractivity (Wildman–Crippen MR) is 120 cm³/mol. The molecule has 0 bridgehead atoms. The van der Waals surface area contributed by atoms with Crippen molar-refractivity contribution in [2.24, 2.45) is 0 Å². The van der Waals surface area contributed by atoms with Crippen LogP contribution < -0.4 is 15.2 Å². The Kier molecular flexibility index (Phi) is 5.83. The minimum atomic E-state index is -0.460. The van der Waals surface area contributed by atoms with Gasteiger partial charge in [0.2, 0.25) is 0 Å². The van der Waals surface area contributed by atoms with Gasteiger partial charge in [0.1, 0.15) is 17.9 Å².